The first-order valence-corrected chi connectivity index (χ1v) is 10.3. The van der Waals surface area contributed by atoms with E-state index in [1.807, 2.05) is 16.8 Å². The molecule has 1 aromatic carbocycles. The highest BCUT2D eigenvalue weighted by atomic mass is 32.1. The average molecular weight is 368 g/mol. The van der Waals surface area contributed by atoms with Crippen LogP contribution in [0.1, 0.15) is 62.1 Å². The van der Waals surface area contributed by atoms with Gasteiger partial charge >= 0.3 is 0 Å². The van der Waals surface area contributed by atoms with Crippen LogP contribution in [0.2, 0.25) is 0 Å². The zero-order chi connectivity index (χ0) is 17.9. The fraction of sp³-hybridized carbons (Fsp3) is 0.429. The maximum atomic E-state index is 6.03. The van der Waals surface area contributed by atoms with Gasteiger partial charge in [0.05, 0.1) is 6.04 Å². The Hall–Kier alpha value is -1.98. The van der Waals surface area contributed by atoms with E-state index in [2.05, 4.69) is 53.2 Å². The molecule has 0 bridgehead atoms. The summed E-state index contributed by atoms with van der Waals surface area (Å²) in [6.07, 6.45) is 3.52. The zero-order valence-corrected chi connectivity index (χ0v) is 16.2. The first-order valence-electron chi connectivity index (χ1n) is 9.39. The van der Waals surface area contributed by atoms with E-state index in [9.17, 15) is 0 Å². The molecule has 4 rings (SSSR count). The van der Waals surface area contributed by atoms with Gasteiger partial charge in [0.15, 0.2) is 0 Å². The molecule has 0 saturated carbocycles. The van der Waals surface area contributed by atoms with Crippen molar-refractivity contribution in [1.29, 1.82) is 0 Å². The first kappa shape index (κ1) is 17.4. The van der Waals surface area contributed by atoms with E-state index in [1.165, 1.54) is 24.0 Å². The fourth-order valence-corrected chi connectivity index (χ4v) is 4.20. The Morgan fingerprint density at radius 2 is 2.00 bits per heavy atom. The lowest BCUT2D eigenvalue weighted by atomic mass is 9.99. The molecule has 4 nitrogen and oxygen atoms in total. The molecule has 1 aliphatic rings. The Balaban J connectivity index is 1.51. The van der Waals surface area contributed by atoms with Gasteiger partial charge in [-0.15, -0.1) is 10.2 Å². The van der Waals surface area contributed by atoms with Crippen LogP contribution in [0.3, 0.4) is 0 Å². The van der Waals surface area contributed by atoms with E-state index in [0.29, 0.717) is 11.8 Å². The molecule has 1 aliphatic heterocycles. The van der Waals surface area contributed by atoms with Gasteiger partial charge < -0.3 is 4.42 Å². The van der Waals surface area contributed by atoms with Gasteiger partial charge in [0.2, 0.25) is 11.8 Å². The Kier molecular flexibility index (Phi) is 5.18. The summed E-state index contributed by atoms with van der Waals surface area (Å²) in [6.45, 7) is 6.47. The van der Waals surface area contributed by atoms with Gasteiger partial charge in [-0.05, 0) is 47.9 Å². The van der Waals surface area contributed by atoms with Crippen LogP contribution < -0.4 is 0 Å². The van der Waals surface area contributed by atoms with Gasteiger partial charge in [0.1, 0.15) is 0 Å². The summed E-state index contributed by atoms with van der Waals surface area (Å²) in [5.41, 5.74) is 3.75. The number of benzene rings is 1. The number of nitrogens with zero attached hydrogens (tertiary/aromatic N) is 3. The third-order valence-electron chi connectivity index (χ3n) is 5.14. The number of piperidine rings is 1. The minimum atomic E-state index is 0.216. The van der Waals surface area contributed by atoms with E-state index in [1.54, 1.807) is 11.3 Å². The summed E-state index contributed by atoms with van der Waals surface area (Å²) in [5, 5.41) is 12.7. The van der Waals surface area contributed by atoms with E-state index >= 15 is 0 Å². The maximum absolute atomic E-state index is 6.03. The molecule has 3 aromatic rings. The van der Waals surface area contributed by atoms with E-state index < -0.39 is 0 Å². The second-order valence-electron chi connectivity index (χ2n) is 7.34. The van der Waals surface area contributed by atoms with Crippen LogP contribution in [0.25, 0.3) is 11.5 Å². The summed E-state index contributed by atoms with van der Waals surface area (Å²) in [5.74, 6) is 1.96. The van der Waals surface area contributed by atoms with Crippen molar-refractivity contribution >= 4 is 11.3 Å². The normalized spacial score (nSPS) is 18.5. The summed E-state index contributed by atoms with van der Waals surface area (Å²) >= 11 is 1.65. The van der Waals surface area contributed by atoms with Crippen LogP contribution in [0.5, 0.6) is 0 Å². The SMILES string of the molecule is CC(C)c1ccc(CN2CCCC[C@@H]2c2nnc(-c3ccsc3)o2)cc1. The largest absolute Gasteiger partial charge is 0.419 e. The van der Waals surface area contributed by atoms with Crippen LogP contribution >= 0.6 is 11.3 Å². The number of rotatable bonds is 5. The molecule has 136 valence electrons. The molecule has 3 heterocycles. The Morgan fingerprint density at radius 1 is 1.15 bits per heavy atom. The molecule has 1 fully saturated rings. The van der Waals surface area contributed by atoms with Gasteiger partial charge in [0.25, 0.3) is 0 Å². The molecule has 0 radical (unpaired) electrons. The number of likely N-dealkylation sites (tertiary alicyclic amines) is 1. The second kappa shape index (κ2) is 7.72. The smallest absolute Gasteiger partial charge is 0.248 e. The molecule has 0 unspecified atom stereocenters. The predicted molar refractivity (Wildman–Crippen MR) is 105 cm³/mol. The van der Waals surface area contributed by atoms with Crippen molar-refractivity contribution in [2.75, 3.05) is 6.54 Å². The Morgan fingerprint density at radius 3 is 2.73 bits per heavy atom. The Bertz CT molecular complexity index is 823. The maximum Gasteiger partial charge on any atom is 0.248 e. The predicted octanol–water partition coefficient (Wildman–Crippen LogP) is 5.65. The summed E-state index contributed by atoms with van der Waals surface area (Å²) < 4.78 is 6.03. The molecule has 0 aliphatic carbocycles. The highest BCUT2D eigenvalue weighted by Gasteiger charge is 2.28. The van der Waals surface area contributed by atoms with Crippen molar-refractivity contribution in [1.82, 2.24) is 15.1 Å². The molecule has 0 amide bonds. The molecular formula is C21H25N3OS. The quantitative estimate of drug-likeness (QED) is 0.584. The molecule has 2 aromatic heterocycles. The molecular weight excluding hydrogens is 342 g/mol. The number of aromatic nitrogens is 2. The minimum absolute atomic E-state index is 0.216. The first-order chi connectivity index (χ1) is 12.7. The highest BCUT2D eigenvalue weighted by Crippen LogP contribution is 2.33. The van der Waals surface area contributed by atoms with Gasteiger partial charge in [-0.1, -0.05) is 44.5 Å². The summed E-state index contributed by atoms with van der Waals surface area (Å²) in [4.78, 5) is 2.48. The number of thiophene rings is 1. The van der Waals surface area contributed by atoms with Crippen LogP contribution in [-0.2, 0) is 6.54 Å². The number of hydrogen-bond acceptors (Lipinski definition) is 5. The van der Waals surface area contributed by atoms with E-state index in [4.69, 9.17) is 4.42 Å². The third-order valence-corrected chi connectivity index (χ3v) is 5.82. The van der Waals surface area contributed by atoms with E-state index in [0.717, 1.165) is 31.0 Å². The van der Waals surface area contributed by atoms with Crippen LogP contribution in [0, 0.1) is 0 Å². The van der Waals surface area contributed by atoms with Crippen molar-refractivity contribution in [3.05, 3.63) is 58.1 Å². The summed E-state index contributed by atoms with van der Waals surface area (Å²) in [6, 6.07) is 11.3. The second-order valence-corrected chi connectivity index (χ2v) is 8.12. The van der Waals surface area contributed by atoms with E-state index in [-0.39, 0.29) is 6.04 Å². The van der Waals surface area contributed by atoms with Gasteiger partial charge in [-0.2, -0.15) is 11.3 Å². The average Bonchev–Trinajstić information content (AvgIpc) is 3.34. The van der Waals surface area contributed by atoms with Crippen molar-refractivity contribution in [2.24, 2.45) is 0 Å². The molecule has 1 atom stereocenters. The molecule has 26 heavy (non-hydrogen) atoms. The van der Waals surface area contributed by atoms with Crippen LogP contribution in [0.4, 0.5) is 0 Å². The van der Waals surface area contributed by atoms with Crippen molar-refractivity contribution in [3.8, 4) is 11.5 Å². The fourth-order valence-electron chi connectivity index (χ4n) is 3.57. The molecule has 0 N–H and O–H groups in total. The van der Waals surface area contributed by atoms with Crippen LogP contribution in [-0.4, -0.2) is 21.6 Å². The van der Waals surface area contributed by atoms with Gasteiger partial charge in [-0.25, -0.2) is 0 Å². The van der Waals surface area contributed by atoms with Gasteiger partial charge in [0, 0.05) is 17.5 Å². The standard InChI is InChI=1S/C21H25N3OS/c1-15(2)17-8-6-16(7-9-17)13-24-11-4-3-5-19(24)21-23-22-20(25-21)18-10-12-26-14-18/h6-10,12,14-15,19H,3-5,11,13H2,1-2H3/t19-/m1/s1. The molecule has 0 spiro atoms. The monoisotopic (exact) mass is 367 g/mol. The highest BCUT2D eigenvalue weighted by molar-refractivity contribution is 7.08. The third kappa shape index (κ3) is 3.74. The topological polar surface area (TPSA) is 42.2 Å². The summed E-state index contributed by atoms with van der Waals surface area (Å²) in [7, 11) is 0. The van der Waals surface area contributed by atoms with Crippen molar-refractivity contribution in [3.63, 3.8) is 0 Å². The van der Waals surface area contributed by atoms with Crippen molar-refractivity contribution < 1.29 is 4.42 Å². The van der Waals surface area contributed by atoms with Crippen LogP contribution in [0.15, 0.2) is 45.5 Å². The molecule has 5 heteroatoms. The lowest BCUT2D eigenvalue weighted by Crippen LogP contribution is -2.33. The lowest BCUT2D eigenvalue weighted by molar-refractivity contribution is 0.118. The zero-order valence-electron chi connectivity index (χ0n) is 15.4. The van der Waals surface area contributed by atoms with Crippen molar-refractivity contribution in [2.45, 2.75) is 51.6 Å². The molecule has 1 saturated heterocycles. The Labute approximate surface area is 158 Å². The van der Waals surface area contributed by atoms with Gasteiger partial charge in [-0.3, -0.25) is 4.90 Å². The lowest BCUT2D eigenvalue weighted by Gasteiger charge is -2.33. The number of hydrogen-bond donors (Lipinski definition) is 0. The minimum Gasteiger partial charge on any atom is -0.419 e.